The lowest BCUT2D eigenvalue weighted by atomic mass is 10.2. The molecule has 0 heterocycles. The second-order valence-corrected chi connectivity index (χ2v) is 3.12. The van der Waals surface area contributed by atoms with Gasteiger partial charge in [-0.2, -0.15) is 12.6 Å². The zero-order valence-electron chi connectivity index (χ0n) is 6.55. The minimum Gasteiger partial charge on any atom is -0.356 e. The summed E-state index contributed by atoms with van der Waals surface area (Å²) in [6.45, 7) is 4.91. The number of rotatable bonds is 4. The molecule has 0 radical (unpaired) electrons. The molecule has 1 amide bonds. The molecule has 2 nitrogen and oxygen atoms in total. The Labute approximate surface area is 67.8 Å². The molecule has 0 bridgehead atoms. The lowest BCUT2D eigenvalue weighted by molar-refractivity contribution is -0.120. The van der Waals surface area contributed by atoms with Gasteiger partial charge < -0.3 is 5.32 Å². The topological polar surface area (TPSA) is 29.1 Å². The van der Waals surface area contributed by atoms with Crippen LogP contribution < -0.4 is 5.32 Å². The summed E-state index contributed by atoms with van der Waals surface area (Å²) in [4.78, 5) is 10.8. The van der Waals surface area contributed by atoms with Gasteiger partial charge in [0.2, 0.25) is 5.91 Å². The van der Waals surface area contributed by atoms with Crippen LogP contribution in [0.5, 0.6) is 0 Å². The van der Waals surface area contributed by atoms with E-state index in [0.717, 1.165) is 6.54 Å². The highest BCUT2D eigenvalue weighted by atomic mass is 32.1. The van der Waals surface area contributed by atoms with Gasteiger partial charge >= 0.3 is 0 Å². The minimum atomic E-state index is 0.101. The second kappa shape index (κ2) is 5.59. The fourth-order valence-corrected chi connectivity index (χ4v) is 0.711. The Morgan fingerprint density at radius 2 is 2.20 bits per heavy atom. The summed E-state index contributed by atoms with van der Waals surface area (Å²) in [6, 6.07) is 0. The molecule has 0 rings (SSSR count). The van der Waals surface area contributed by atoms with Crippen molar-refractivity contribution < 1.29 is 4.79 Å². The van der Waals surface area contributed by atoms with Gasteiger partial charge in [0.15, 0.2) is 0 Å². The molecule has 0 aromatic heterocycles. The Balaban J connectivity index is 3.22. The van der Waals surface area contributed by atoms with Crippen molar-refractivity contribution in [2.45, 2.75) is 20.3 Å². The van der Waals surface area contributed by atoms with Crippen molar-refractivity contribution in [3.05, 3.63) is 0 Å². The number of nitrogens with one attached hydrogen (secondary N) is 1. The molecule has 0 aliphatic heterocycles. The van der Waals surface area contributed by atoms with Gasteiger partial charge in [0.1, 0.15) is 0 Å². The first-order valence-corrected chi connectivity index (χ1v) is 4.17. The molecule has 0 aromatic carbocycles. The average Bonchev–Trinajstić information content (AvgIpc) is 1.85. The van der Waals surface area contributed by atoms with E-state index in [-0.39, 0.29) is 5.91 Å². The normalized spacial score (nSPS) is 10.0. The molecule has 0 fully saturated rings. The third kappa shape index (κ3) is 5.95. The first-order chi connectivity index (χ1) is 4.66. The highest BCUT2D eigenvalue weighted by Gasteiger charge is 1.98. The van der Waals surface area contributed by atoms with Crippen LogP contribution in [0.1, 0.15) is 20.3 Å². The Morgan fingerprint density at radius 1 is 1.60 bits per heavy atom. The number of hydrogen-bond acceptors (Lipinski definition) is 2. The number of amides is 1. The predicted octanol–water partition coefficient (Wildman–Crippen LogP) is 1.08. The summed E-state index contributed by atoms with van der Waals surface area (Å²) >= 11 is 3.94. The Bertz CT molecular complexity index is 104. The third-order valence-corrected chi connectivity index (χ3v) is 1.27. The smallest absolute Gasteiger partial charge is 0.220 e. The number of hydrogen-bond donors (Lipinski definition) is 2. The standard InChI is InChI=1S/C7H15NOS/c1-6(2)5-8-7(9)3-4-10/h6,10H,3-5H2,1-2H3,(H,8,9). The van der Waals surface area contributed by atoms with Gasteiger partial charge in [-0.3, -0.25) is 4.79 Å². The lowest BCUT2D eigenvalue weighted by Crippen LogP contribution is -2.27. The Morgan fingerprint density at radius 3 is 2.60 bits per heavy atom. The van der Waals surface area contributed by atoms with Crippen molar-refractivity contribution in [3.8, 4) is 0 Å². The summed E-state index contributed by atoms with van der Waals surface area (Å²) in [6.07, 6.45) is 0.524. The molecule has 3 heteroatoms. The van der Waals surface area contributed by atoms with Crippen LogP contribution in [-0.2, 0) is 4.79 Å². The van der Waals surface area contributed by atoms with E-state index in [9.17, 15) is 4.79 Å². The van der Waals surface area contributed by atoms with Gasteiger partial charge in [-0.05, 0) is 11.7 Å². The number of carbonyl (C=O) groups is 1. The summed E-state index contributed by atoms with van der Waals surface area (Å²) in [5, 5.41) is 2.80. The van der Waals surface area contributed by atoms with E-state index in [1.54, 1.807) is 0 Å². The van der Waals surface area contributed by atoms with E-state index in [0.29, 0.717) is 18.1 Å². The predicted molar refractivity (Wildman–Crippen MR) is 46.3 cm³/mol. The van der Waals surface area contributed by atoms with Gasteiger partial charge in [-0.1, -0.05) is 13.8 Å². The van der Waals surface area contributed by atoms with E-state index in [1.165, 1.54) is 0 Å². The number of thiol groups is 1. The highest BCUT2D eigenvalue weighted by molar-refractivity contribution is 7.80. The van der Waals surface area contributed by atoms with Crippen molar-refractivity contribution in [3.63, 3.8) is 0 Å². The maximum atomic E-state index is 10.8. The SMILES string of the molecule is CC(C)CNC(=O)CCS. The fraction of sp³-hybridized carbons (Fsp3) is 0.857. The maximum Gasteiger partial charge on any atom is 0.220 e. The third-order valence-electron chi connectivity index (χ3n) is 1.05. The van der Waals surface area contributed by atoms with Crippen LogP contribution >= 0.6 is 12.6 Å². The molecule has 0 atom stereocenters. The van der Waals surface area contributed by atoms with Gasteiger partial charge in [-0.15, -0.1) is 0 Å². The largest absolute Gasteiger partial charge is 0.356 e. The summed E-state index contributed by atoms with van der Waals surface area (Å²) in [5.41, 5.74) is 0. The molecule has 0 unspecified atom stereocenters. The van der Waals surface area contributed by atoms with Crippen LogP contribution in [0, 0.1) is 5.92 Å². The summed E-state index contributed by atoms with van der Waals surface area (Å²) in [5.74, 6) is 1.26. The Kier molecular flexibility index (Phi) is 5.49. The second-order valence-electron chi connectivity index (χ2n) is 2.67. The monoisotopic (exact) mass is 161 g/mol. The van der Waals surface area contributed by atoms with Crippen molar-refractivity contribution in [1.82, 2.24) is 5.32 Å². The van der Waals surface area contributed by atoms with E-state index in [4.69, 9.17) is 0 Å². The van der Waals surface area contributed by atoms with Gasteiger partial charge in [-0.25, -0.2) is 0 Å². The fourth-order valence-electron chi connectivity index (χ4n) is 0.508. The Hall–Kier alpha value is -0.180. The molecule has 0 spiro atoms. The van der Waals surface area contributed by atoms with Crippen molar-refractivity contribution in [2.24, 2.45) is 5.92 Å². The van der Waals surface area contributed by atoms with E-state index in [1.807, 2.05) is 0 Å². The van der Waals surface area contributed by atoms with Gasteiger partial charge in [0.25, 0.3) is 0 Å². The zero-order valence-corrected chi connectivity index (χ0v) is 7.45. The molecule has 60 valence electrons. The molecule has 0 saturated carbocycles. The lowest BCUT2D eigenvalue weighted by Gasteiger charge is -2.05. The van der Waals surface area contributed by atoms with Crippen LogP contribution in [0.2, 0.25) is 0 Å². The molecular formula is C7H15NOS. The summed E-state index contributed by atoms with van der Waals surface area (Å²) < 4.78 is 0. The molecule has 0 saturated heterocycles. The minimum absolute atomic E-state index is 0.101. The first-order valence-electron chi connectivity index (χ1n) is 3.54. The molecule has 0 aliphatic carbocycles. The quantitative estimate of drug-likeness (QED) is 0.594. The van der Waals surface area contributed by atoms with Crippen LogP contribution in [-0.4, -0.2) is 18.2 Å². The van der Waals surface area contributed by atoms with Crippen molar-refractivity contribution >= 4 is 18.5 Å². The van der Waals surface area contributed by atoms with E-state index in [2.05, 4.69) is 31.8 Å². The molecule has 0 aliphatic rings. The van der Waals surface area contributed by atoms with Crippen molar-refractivity contribution in [2.75, 3.05) is 12.3 Å². The van der Waals surface area contributed by atoms with Gasteiger partial charge in [0, 0.05) is 13.0 Å². The molecule has 10 heavy (non-hydrogen) atoms. The molecule has 1 N–H and O–H groups in total. The van der Waals surface area contributed by atoms with Gasteiger partial charge in [0.05, 0.1) is 0 Å². The van der Waals surface area contributed by atoms with Crippen LogP contribution in [0.25, 0.3) is 0 Å². The molecular weight excluding hydrogens is 146 g/mol. The van der Waals surface area contributed by atoms with Crippen molar-refractivity contribution in [1.29, 1.82) is 0 Å². The van der Waals surface area contributed by atoms with Crippen LogP contribution in [0.3, 0.4) is 0 Å². The average molecular weight is 161 g/mol. The molecule has 0 aromatic rings. The maximum absolute atomic E-state index is 10.8. The van der Waals surface area contributed by atoms with Crippen LogP contribution in [0.15, 0.2) is 0 Å². The number of carbonyl (C=O) groups excluding carboxylic acids is 1. The first kappa shape index (κ1) is 9.82. The zero-order chi connectivity index (χ0) is 7.98. The summed E-state index contributed by atoms with van der Waals surface area (Å²) in [7, 11) is 0. The highest BCUT2D eigenvalue weighted by Crippen LogP contribution is 1.88. The van der Waals surface area contributed by atoms with Crippen LogP contribution in [0.4, 0.5) is 0 Å². The van der Waals surface area contributed by atoms with E-state index < -0.39 is 0 Å². The van der Waals surface area contributed by atoms with E-state index >= 15 is 0 Å².